The number of halogens is 1. The summed E-state index contributed by atoms with van der Waals surface area (Å²) < 4.78 is 19.6. The molecule has 23 heavy (non-hydrogen) atoms. The SMILES string of the molecule is CCOC(=O)c1cn(-c2ccc(F)cc2)c2ncccc2c1=O. The molecule has 6 heteroatoms. The maximum Gasteiger partial charge on any atom is 0.343 e. The molecule has 3 aromatic rings. The summed E-state index contributed by atoms with van der Waals surface area (Å²) in [5.74, 6) is -1.07. The van der Waals surface area contributed by atoms with Gasteiger partial charge in [-0.25, -0.2) is 14.2 Å². The third-order valence-electron chi connectivity index (χ3n) is 3.36. The molecule has 2 heterocycles. The van der Waals surface area contributed by atoms with E-state index >= 15 is 0 Å². The van der Waals surface area contributed by atoms with Crippen LogP contribution in [-0.4, -0.2) is 22.1 Å². The van der Waals surface area contributed by atoms with Crippen molar-refractivity contribution in [1.29, 1.82) is 0 Å². The van der Waals surface area contributed by atoms with Crippen molar-refractivity contribution in [2.45, 2.75) is 6.92 Å². The van der Waals surface area contributed by atoms with E-state index in [-0.39, 0.29) is 18.0 Å². The Morgan fingerprint density at radius 1 is 1.26 bits per heavy atom. The molecule has 0 saturated heterocycles. The van der Waals surface area contributed by atoms with Crippen molar-refractivity contribution in [3.8, 4) is 5.69 Å². The highest BCUT2D eigenvalue weighted by Crippen LogP contribution is 2.16. The molecule has 0 fully saturated rings. The van der Waals surface area contributed by atoms with Gasteiger partial charge in [-0.2, -0.15) is 0 Å². The third kappa shape index (κ3) is 2.70. The lowest BCUT2D eigenvalue weighted by molar-refractivity contribution is 0.0524. The number of esters is 1. The molecule has 0 atom stereocenters. The van der Waals surface area contributed by atoms with Gasteiger partial charge in [-0.3, -0.25) is 4.79 Å². The minimum absolute atomic E-state index is 0.0864. The zero-order valence-corrected chi connectivity index (χ0v) is 12.3. The Labute approximate surface area is 131 Å². The average Bonchev–Trinajstić information content (AvgIpc) is 2.57. The van der Waals surface area contributed by atoms with Gasteiger partial charge >= 0.3 is 5.97 Å². The van der Waals surface area contributed by atoms with Crippen molar-refractivity contribution in [2.24, 2.45) is 0 Å². The van der Waals surface area contributed by atoms with Crippen LogP contribution in [0.3, 0.4) is 0 Å². The molecule has 0 aliphatic rings. The molecule has 1 aromatic carbocycles. The van der Waals surface area contributed by atoms with Gasteiger partial charge in [-0.05, 0) is 43.3 Å². The van der Waals surface area contributed by atoms with E-state index in [1.165, 1.54) is 18.3 Å². The lowest BCUT2D eigenvalue weighted by atomic mass is 10.2. The van der Waals surface area contributed by atoms with Gasteiger partial charge in [0.25, 0.3) is 0 Å². The topological polar surface area (TPSA) is 61.2 Å². The lowest BCUT2D eigenvalue weighted by Crippen LogP contribution is -2.21. The molecule has 116 valence electrons. The van der Waals surface area contributed by atoms with Gasteiger partial charge in [-0.1, -0.05) is 0 Å². The van der Waals surface area contributed by atoms with E-state index in [1.54, 1.807) is 42.0 Å². The van der Waals surface area contributed by atoms with E-state index in [9.17, 15) is 14.0 Å². The summed E-state index contributed by atoms with van der Waals surface area (Å²) in [6, 6.07) is 8.89. The molecule has 0 radical (unpaired) electrons. The van der Waals surface area contributed by atoms with Gasteiger partial charge in [0, 0.05) is 18.1 Å². The number of pyridine rings is 2. The van der Waals surface area contributed by atoms with Crippen LogP contribution >= 0.6 is 0 Å². The maximum absolute atomic E-state index is 13.1. The number of benzene rings is 1. The average molecular weight is 312 g/mol. The number of fused-ring (bicyclic) bond motifs is 1. The zero-order valence-electron chi connectivity index (χ0n) is 12.3. The van der Waals surface area contributed by atoms with Crippen molar-refractivity contribution in [2.75, 3.05) is 6.61 Å². The molecule has 3 rings (SSSR count). The first-order valence-electron chi connectivity index (χ1n) is 7.05. The minimum Gasteiger partial charge on any atom is -0.462 e. The first kappa shape index (κ1) is 14.9. The van der Waals surface area contributed by atoms with Crippen molar-refractivity contribution < 1.29 is 13.9 Å². The minimum atomic E-state index is -0.695. The van der Waals surface area contributed by atoms with Gasteiger partial charge in [0.15, 0.2) is 0 Å². The molecule has 0 spiro atoms. The van der Waals surface area contributed by atoms with Crippen molar-refractivity contribution >= 4 is 17.0 Å². The number of nitrogens with zero attached hydrogens (tertiary/aromatic N) is 2. The first-order chi connectivity index (χ1) is 11.1. The quantitative estimate of drug-likeness (QED) is 0.698. The molecule has 0 bridgehead atoms. The van der Waals surface area contributed by atoms with Crippen LogP contribution in [0.4, 0.5) is 4.39 Å². The van der Waals surface area contributed by atoms with E-state index in [1.807, 2.05) is 0 Å². The van der Waals surface area contributed by atoms with Crippen LogP contribution in [0.5, 0.6) is 0 Å². The summed E-state index contributed by atoms with van der Waals surface area (Å²) in [7, 11) is 0. The lowest BCUT2D eigenvalue weighted by Gasteiger charge is -2.12. The molecular formula is C17H13FN2O3. The summed E-state index contributed by atoms with van der Waals surface area (Å²) in [5.41, 5.74) is 0.444. The predicted octanol–water partition coefficient (Wildman–Crippen LogP) is 2.70. The summed E-state index contributed by atoms with van der Waals surface area (Å²) in [6.45, 7) is 1.83. The highest BCUT2D eigenvalue weighted by atomic mass is 19.1. The molecule has 0 N–H and O–H groups in total. The summed E-state index contributed by atoms with van der Waals surface area (Å²) >= 11 is 0. The second-order valence-electron chi connectivity index (χ2n) is 4.81. The number of ether oxygens (including phenoxy) is 1. The number of hydrogen-bond donors (Lipinski definition) is 0. The Morgan fingerprint density at radius 3 is 2.70 bits per heavy atom. The Balaban J connectivity index is 2.32. The number of aromatic nitrogens is 2. The van der Waals surface area contributed by atoms with E-state index in [2.05, 4.69) is 4.98 Å². The summed E-state index contributed by atoms with van der Waals surface area (Å²) in [6.07, 6.45) is 2.93. The summed E-state index contributed by atoms with van der Waals surface area (Å²) in [4.78, 5) is 28.7. The fourth-order valence-electron chi connectivity index (χ4n) is 2.31. The Morgan fingerprint density at radius 2 is 2.00 bits per heavy atom. The monoisotopic (exact) mass is 312 g/mol. The fourth-order valence-corrected chi connectivity index (χ4v) is 2.31. The van der Waals surface area contributed by atoms with E-state index in [4.69, 9.17) is 4.74 Å². The Kier molecular flexibility index (Phi) is 3.89. The van der Waals surface area contributed by atoms with Crippen LogP contribution in [0, 0.1) is 5.82 Å². The van der Waals surface area contributed by atoms with Crippen molar-refractivity contribution in [3.63, 3.8) is 0 Å². The summed E-state index contributed by atoms with van der Waals surface area (Å²) in [5, 5.41) is 0.294. The number of hydrogen-bond acceptors (Lipinski definition) is 4. The van der Waals surface area contributed by atoms with E-state index in [0.717, 1.165) is 0 Å². The fraction of sp³-hybridized carbons (Fsp3) is 0.118. The van der Waals surface area contributed by atoms with E-state index in [0.29, 0.717) is 16.7 Å². The number of rotatable bonds is 3. The Hall–Kier alpha value is -3.02. The van der Waals surface area contributed by atoms with Gasteiger partial charge in [0.05, 0.1) is 12.0 Å². The second-order valence-corrected chi connectivity index (χ2v) is 4.81. The molecule has 5 nitrogen and oxygen atoms in total. The third-order valence-corrected chi connectivity index (χ3v) is 3.36. The normalized spacial score (nSPS) is 10.7. The molecule has 0 aliphatic carbocycles. The number of carbonyl (C=O) groups excluding carboxylic acids is 1. The largest absolute Gasteiger partial charge is 0.462 e. The van der Waals surface area contributed by atoms with Crippen molar-refractivity contribution in [1.82, 2.24) is 9.55 Å². The van der Waals surface area contributed by atoms with Gasteiger partial charge < -0.3 is 9.30 Å². The molecule has 0 amide bonds. The first-order valence-corrected chi connectivity index (χ1v) is 7.05. The molecule has 0 aliphatic heterocycles. The molecule has 0 unspecified atom stereocenters. The van der Waals surface area contributed by atoms with E-state index < -0.39 is 11.4 Å². The van der Waals surface area contributed by atoms with Gasteiger partial charge in [-0.15, -0.1) is 0 Å². The van der Waals surface area contributed by atoms with Crippen LogP contribution in [0.2, 0.25) is 0 Å². The number of carbonyl (C=O) groups is 1. The van der Waals surface area contributed by atoms with Crippen molar-refractivity contribution in [3.05, 3.63) is 70.4 Å². The smallest absolute Gasteiger partial charge is 0.343 e. The Bertz CT molecular complexity index is 933. The van der Waals surface area contributed by atoms with Gasteiger partial charge in [0.1, 0.15) is 17.0 Å². The molecule has 0 saturated carbocycles. The zero-order chi connectivity index (χ0) is 16.4. The molecular weight excluding hydrogens is 299 g/mol. The van der Waals surface area contributed by atoms with Crippen LogP contribution in [0.1, 0.15) is 17.3 Å². The highest BCUT2D eigenvalue weighted by Gasteiger charge is 2.17. The van der Waals surface area contributed by atoms with Crippen LogP contribution < -0.4 is 5.43 Å². The standard InChI is InChI=1S/C17H13FN2O3/c1-2-23-17(22)14-10-20(12-7-5-11(18)6-8-12)16-13(15(14)21)4-3-9-19-16/h3-10H,2H2,1H3. The van der Waals surface area contributed by atoms with Crippen LogP contribution in [0.15, 0.2) is 53.6 Å². The molecule has 2 aromatic heterocycles. The predicted molar refractivity (Wildman–Crippen MR) is 83.3 cm³/mol. The maximum atomic E-state index is 13.1. The highest BCUT2D eigenvalue weighted by molar-refractivity contribution is 5.93. The second kappa shape index (κ2) is 6.00. The van der Waals surface area contributed by atoms with Crippen LogP contribution in [-0.2, 0) is 4.74 Å². The van der Waals surface area contributed by atoms with Crippen LogP contribution in [0.25, 0.3) is 16.7 Å². The van der Waals surface area contributed by atoms with Gasteiger partial charge in [0.2, 0.25) is 5.43 Å².